The molecule has 0 unspecified atom stereocenters. The van der Waals surface area contributed by atoms with Gasteiger partial charge in [0.15, 0.2) is 10.9 Å². The first kappa shape index (κ1) is 23.5. The number of hydrogen-bond donors (Lipinski definition) is 1. The van der Waals surface area contributed by atoms with Crippen molar-refractivity contribution < 1.29 is 18.7 Å². The number of benzene rings is 1. The number of hydrogen-bond acceptors (Lipinski definition) is 7. The highest BCUT2D eigenvalue weighted by molar-refractivity contribution is 7.17. The zero-order chi connectivity index (χ0) is 24.2. The van der Waals surface area contributed by atoms with E-state index in [0.717, 1.165) is 11.3 Å². The Morgan fingerprint density at radius 2 is 1.82 bits per heavy atom. The third kappa shape index (κ3) is 5.27. The highest BCUT2D eigenvalue weighted by Crippen LogP contribution is 2.34. The highest BCUT2D eigenvalue weighted by atomic mass is 35.5. The number of rotatable bonds is 7. The number of aryl methyl sites for hydroxylation is 1. The van der Waals surface area contributed by atoms with Gasteiger partial charge in [-0.3, -0.25) is 19.9 Å². The summed E-state index contributed by atoms with van der Waals surface area (Å²) in [6.07, 6.45) is 4.45. The molecule has 0 saturated heterocycles. The Kier molecular flexibility index (Phi) is 6.95. The first-order valence-corrected chi connectivity index (χ1v) is 11.2. The van der Waals surface area contributed by atoms with Crippen LogP contribution in [0.15, 0.2) is 55.0 Å². The second-order valence-electron chi connectivity index (χ2n) is 7.29. The molecular formula is C24H18ClFN4O3S. The van der Waals surface area contributed by atoms with Crippen molar-refractivity contribution in [2.45, 2.75) is 13.3 Å². The van der Waals surface area contributed by atoms with Crippen LogP contribution >= 0.6 is 22.9 Å². The van der Waals surface area contributed by atoms with Gasteiger partial charge in [0.05, 0.1) is 29.9 Å². The molecule has 0 radical (unpaired) electrons. The van der Waals surface area contributed by atoms with Crippen LogP contribution in [0.1, 0.15) is 31.3 Å². The Hall–Kier alpha value is -3.69. The topological polar surface area (TPSA) is 94.1 Å². The van der Waals surface area contributed by atoms with E-state index >= 15 is 0 Å². The summed E-state index contributed by atoms with van der Waals surface area (Å²) in [7, 11) is 1.50. The van der Waals surface area contributed by atoms with E-state index < -0.39 is 5.91 Å². The summed E-state index contributed by atoms with van der Waals surface area (Å²) in [4.78, 5) is 38.5. The molecule has 0 fully saturated rings. The maximum atomic E-state index is 13.1. The summed E-state index contributed by atoms with van der Waals surface area (Å²) in [5.41, 5.74) is 2.82. The van der Waals surface area contributed by atoms with Gasteiger partial charge in [-0.05, 0) is 36.8 Å². The van der Waals surface area contributed by atoms with E-state index in [0.29, 0.717) is 33.0 Å². The Bertz CT molecular complexity index is 1380. The molecule has 4 rings (SSSR count). The molecule has 3 aromatic heterocycles. The number of aromatic nitrogens is 3. The Labute approximate surface area is 203 Å². The number of pyridine rings is 2. The van der Waals surface area contributed by atoms with Gasteiger partial charge in [0, 0.05) is 29.4 Å². The van der Waals surface area contributed by atoms with E-state index in [-0.39, 0.29) is 33.9 Å². The molecule has 0 bridgehead atoms. The van der Waals surface area contributed by atoms with Gasteiger partial charge in [0.25, 0.3) is 5.91 Å². The Morgan fingerprint density at radius 1 is 1.06 bits per heavy atom. The second-order valence-corrected chi connectivity index (χ2v) is 8.71. The maximum absolute atomic E-state index is 13.1. The number of carbonyl (C=O) groups is 2. The molecule has 1 amide bonds. The zero-order valence-corrected chi connectivity index (χ0v) is 19.7. The van der Waals surface area contributed by atoms with Crippen molar-refractivity contribution >= 4 is 39.8 Å². The molecule has 7 nitrogen and oxygen atoms in total. The third-order valence-electron chi connectivity index (χ3n) is 4.91. The summed E-state index contributed by atoms with van der Waals surface area (Å²) in [5.74, 6) is -0.551. The fourth-order valence-electron chi connectivity index (χ4n) is 3.25. The zero-order valence-electron chi connectivity index (χ0n) is 18.1. The molecule has 0 aliphatic carbocycles. The van der Waals surface area contributed by atoms with Gasteiger partial charge in [0.1, 0.15) is 16.7 Å². The first-order valence-electron chi connectivity index (χ1n) is 10.1. The fourth-order valence-corrected chi connectivity index (χ4v) is 4.16. The molecule has 1 aromatic carbocycles. The predicted octanol–water partition coefficient (Wildman–Crippen LogP) is 5.39. The van der Waals surface area contributed by atoms with E-state index in [9.17, 15) is 14.0 Å². The normalized spacial score (nSPS) is 10.7. The third-order valence-corrected chi connectivity index (χ3v) is 6.07. The van der Waals surface area contributed by atoms with E-state index in [1.807, 2.05) is 0 Å². The van der Waals surface area contributed by atoms with Crippen molar-refractivity contribution in [3.63, 3.8) is 0 Å². The second kappa shape index (κ2) is 10.1. The van der Waals surface area contributed by atoms with Crippen LogP contribution in [0.5, 0.6) is 5.75 Å². The van der Waals surface area contributed by atoms with Crippen LogP contribution in [-0.2, 0) is 6.42 Å². The number of carbonyl (C=O) groups excluding carboxylic acids is 2. The molecule has 0 aliphatic rings. The first-order chi connectivity index (χ1) is 16.3. The maximum Gasteiger partial charge on any atom is 0.259 e. The van der Waals surface area contributed by atoms with Crippen molar-refractivity contribution in [3.05, 3.63) is 87.7 Å². The SMILES string of the molecule is COc1cnc(Cl)cc1-c1cc(C)ncc1C(=O)Nc1ncc(C(=O)Cc2ccc(F)cc2)s1. The molecule has 0 atom stereocenters. The summed E-state index contributed by atoms with van der Waals surface area (Å²) in [6, 6.07) is 9.09. The van der Waals surface area contributed by atoms with Crippen molar-refractivity contribution in [2.75, 3.05) is 12.4 Å². The summed E-state index contributed by atoms with van der Waals surface area (Å²) < 4.78 is 18.5. The minimum Gasteiger partial charge on any atom is -0.494 e. The number of anilines is 1. The number of ketones is 1. The van der Waals surface area contributed by atoms with E-state index in [1.54, 1.807) is 31.2 Å². The number of halogens is 2. The minimum atomic E-state index is -0.454. The average molecular weight is 497 g/mol. The quantitative estimate of drug-likeness (QED) is 0.272. The largest absolute Gasteiger partial charge is 0.494 e. The minimum absolute atomic E-state index is 0.102. The summed E-state index contributed by atoms with van der Waals surface area (Å²) >= 11 is 7.14. The molecule has 0 spiro atoms. The standard InChI is InChI=1S/C24H18ClFN4O3S/c1-13-7-16(17-9-22(25)28-11-20(17)33-2)18(10-27-13)23(32)30-24-29-12-21(34-24)19(31)8-14-3-5-15(26)6-4-14/h3-7,9-12H,8H2,1-2H3,(H,29,30,32). The van der Waals surface area contributed by atoms with Crippen LogP contribution in [0, 0.1) is 12.7 Å². The molecule has 4 aromatic rings. The molecule has 0 saturated carbocycles. The number of ether oxygens (including phenoxy) is 1. The molecular weight excluding hydrogens is 479 g/mol. The molecule has 172 valence electrons. The van der Waals surface area contributed by atoms with Crippen LogP contribution in [0.3, 0.4) is 0 Å². The lowest BCUT2D eigenvalue weighted by Crippen LogP contribution is -2.14. The summed E-state index contributed by atoms with van der Waals surface area (Å²) in [6.45, 7) is 1.81. The van der Waals surface area contributed by atoms with Crippen LogP contribution in [0.4, 0.5) is 9.52 Å². The highest BCUT2D eigenvalue weighted by Gasteiger charge is 2.20. The molecule has 3 heterocycles. The lowest BCUT2D eigenvalue weighted by Gasteiger charge is -2.13. The van der Waals surface area contributed by atoms with Gasteiger partial charge in [0.2, 0.25) is 0 Å². The monoisotopic (exact) mass is 496 g/mol. The number of methoxy groups -OCH3 is 1. The van der Waals surface area contributed by atoms with Crippen molar-refractivity contribution in [1.82, 2.24) is 15.0 Å². The van der Waals surface area contributed by atoms with E-state index in [1.165, 1.54) is 37.8 Å². The molecule has 1 N–H and O–H groups in total. The predicted molar refractivity (Wildman–Crippen MR) is 128 cm³/mol. The number of amides is 1. The smallest absolute Gasteiger partial charge is 0.259 e. The van der Waals surface area contributed by atoms with Gasteiger partial charge >= 0.3 is 0 Å². The van der Waals surface area contributed by atoms with E-state index in [2.05, 4.69) is 20.3 Å². The molecule has 34 heavy (non-hydrogen) atoms. The van der Waals surface area contributed by atoms with Crippen LogP contribution < -0.4 is 10.1 Å². The fraction of sp³-hybridized carbons (Fsp3) is 0.125. The Balaban J connectivity index is 1.56. The number of nitrogens with one attached hydrogen (secondary N) is 1. The number of thiazole rings is 1. The van der Waals surface area contributed by atoms with Crippen molar-refractivity contribution in [1.29, 1.82) is 0 Å². The van der Waals surface area contributed by atoms with Crippen LogP contribution in [-0.4, -0.2) is 33.8 Å². The van der Waals surface area contributed by atoms with Crippen molar-refractivity contribution in [3.8, 4) is 16.9 Å². The Morgan fingerprint density at radius 3 is 2.56 bits per heavy atom. The lowest BCUT2D eigenvalue weighted by molar-refractivity contribution is 0.0994. The molecule has 10 heteroatoms. The number of nitrogens with zero attached hydrogens (tertiary/aromatic N) is 3. The van der Waals surface area contributed by atoms with E-state index in [4.69, 9.17) is 16.3 Å². The van der Waals surface area contributed by atoms with Crippen LogP contribution in [0.25, 0.3) is 11.1 Å². The average Bonchev–Trinajstić information content (AvgIpc) is 3.29. The lowest BCUT2D eigenvalue weighted by atomic mass is 10.0. The van der Waals surface area contributed by atoms with Gasteiger partial charge in [-0.2, -0.15) is 0 Å². The molecule has 0 aliphatic heterocycles. The van der Waals surface area contributed by atoms with Crippen molar-refractivity contribution in [2.24, 2.45) is 0 Å². The summed E-state index contributed by atoms with van der Waals surface area (Å²) in [5, 5.41) is 3.24. The van der Waals surface area contributed by atoms with Gasteiger partial charge < -0.3 is 4.74 Å². The number of Topliss-reactive ketones (excluding diaryl/α,β-unsaturated/α-hetero) is 1. The van der Waals surface area contributed by atoms with Gasteiger partial charge in [-0.25, -0.2) is 14.4 Å². The van der Waals surface area contributed by atoms with Gasteiger partial charge in [-0.15, -0.1) is 0 Å². The van der Waals surface area contributed by atoms with Crippen LogP contribution in [0.2, 0.25) is 5.15 Å². The van der Waals surface area contributed by atoms with Gasteiger partial charge in [-0.1, -0.05) is 35.1 Å².